The van der Waals surface area contributed by atoms with Gasteiger partial charge in [0, 0.05) is 52.4 Å². The number of nitrogens with zero attached hydrogens (tertiary/aromatic N) is 3. The van der Waals surface area contributed by atoms with Gasteiger partial charge in [-0.2, -0.15) is 0 Å². The molecule has 0 aromatic heterocycles. The van der Waals surface area contributed by atoms with Crippen molar-refractivity contribution in [2.24, 2.45) is 10.9 Å². The first-order valence-electron chi connectivity index (χ1n) is 10.6. The topological polar surface area (TPSA) is 52.1 Å². The van der Waals surface area contributed by atoms with Crippen LogP contribution < -0.4 is 10.6 Å². The van der Waals surface area contributed by atoms with Gasteiger partial charge in [-0.1, -0.05) is 37.3 Å². The third-order valence-corrected chi connectivity index (χ3v) is 5.40. The molecule has 2 N–H and O–H groups in total. The molecule has 1 aromatic rings. The Morgan fingerprint density at radius 3 is 2.57 bits per heavy atom. The first-order valence-corrected chi connectivity index (χ1v) is 10.6. The van der Waals surface area contributed by atoms with Crippen molar-refractivity contribution < 1.29 is 4.74 Å². The van der Waals surface area contributed by atoms with Gasteiger partial charge in [0.2, 0.25) is 0 Å². The van der Waals surface area contributed by atoms with Crippen molar-refractivity contribution in [3.63, 3.8) is 0 Å². The lowest BCUT2D eigenvalue weighted by Crippen LogP contribution is -2.44. The molecule has 2 unspecified atom stereocenters. The fourth-order valence-corrected chi connectivity index (χ4v) is 3.43. The van der Waals surface area contributed by atoms with Gasteiger partial charge in [0.15, 0.2) is 5.96 Å². The Hall–Kier alpha value is -1.63. The summed E-state index contributed by atoms with van der Waals surface area (Å²) in [5, 5.41) is 6.93. The summed E-state index contributed by atoms with van der Waals surface area (Å²) in [6.45, 7) is 12.3. The third-order valence-electron chi connectivity index (χ3n) is 5.40. The number of nitrogens with one attached hydrogen (secondary N) is 2. The highest BCUT2D eigenvalue weighted by Gasteiger charge is 2.14. The lowest BCUT2D eigenvalue weighted by molar-refractivity contribution is 0.0320. The van der Waals surface area contributed by atoms with E-state index in [0.29, 0.717) is 12.0 Å². The highest BCUT2D eigenvalue weighted by molar-refractivity contribution is 5.79. The summed E-state index contributed by atoms with van der Waals surface area (Å²) in [5.74, 6) is 1.47. The Kier molecular flexibility index (Phi) is 10.3. The van der Waals surface area contributed by atoms with E-state index in [1.54, 1.807) is 0 Å². The van der Waals surface area contributed by atoms with Crippen LogP contribution in [-0.2, 0) is 11.3 Å². The van der Waals surface area contributed by atoms with Gasteiger partial charge in [0.1, 0.15) is 0 Å². The van der Waals surface area contributed by atoms with Gasteiger partial charge in [-0.25, -0.2) is 0 Å². The van der Waals surface area contributed by atoms with E-state index in [-0.39, 0.29) is 0 Å². The predicted molar refractivity (Wildman–Crippen MR) is 118 cm³/mol. The Morgan fingerprint density at radius 1 is 1.18 bits per heavy atom. The molecule has 1 aliphatic rings. The number of hydrogen-bond donors (Lipinski definition) is 2. The van der Waals surface area contributed by atoms with Gasteiger partial charge in [0.25, 0.3) is 0 Å². The van der Waals surface area contributed by atoms with Crippen LogP contribution in [0.3, 0.4) is 0 Å². The lowest BCUT2D eigenvalue weighted by Gasteiger charge is -2.29. The molecule has 28 heavy (non-hydrogen) atoms. The monoisotopic (exact) mass is 389 g/mol. The van der Waals surface area contributed by atoms with Crippen molar-refractivity contribution in [2.45, 2.75) is 32.9 Å². The Morgan fingerprint density at radius 2 is 1.89 bits per heavy atom. The number of morpholine rings is 1. The number of aliphatic imine (C=N–C) groups is 1. The molecule has 1 aliphatic heterocycles. The molecular formula is C22H39N5O. The summed E-state index contributed by atoms with van der Waals surface area (Å²) < 4.78 is 5.42. The highest BCUT2D eigenvalue weighted by Crippen LogP contribution is 2.08. The van der Waals surface area contributed by atoms with E-state index in [1.807, 2.05) is 7.05 Å². The SMILES string of the molecule is CN=C(NCCC(C)N(C)Cc1ccccc1)NCC(C)CN1CCOCC1. The molecule has 0 amide bonds. The molecule has 0 spiro atoms. The molecule has 0 radical (unpaired) electrons. The number of rotatable bonds is 10. The zero-order valence-electron chi connectivity index (χ0n) is 18.2. The van der Waals surface area contributed by atoms with Crippen LogP contribution in [0.25, 0.3) is 0 Å². The number of benzene rings is 1. The molecule has 0 saturated carbocycles. The highest BCUT2D eigenvalue weighted by atomic mass is 16.5. The molecule has 1 saturated heterocycles. The third kappa shape index (κ3) is 8.59. The van der Waals surface area contributed by atoms with E-state index in [4.69, 9.17) is 4.74 Å². The molecule has 6 heteroatoms. The zero-order chi connectivity index (χ0) is 20.2. The molecule has 0 aliphatic carbocycles. The van der Waals surface area contributed by atoms with Crippen molar-refractivity contribution in [1.29, 1.82) is 0 Å². The zero-order valence-corrected chi connectivity index (χ0v) is 18.2. The molecule has 1 fully saturated rings. The second-order valence-corrected chi connectivity index (χ2v) is 7.94. The summed E-state index contributed by atoms with van der Waals surface area (Å²) in [7, 11) is 4.03. The van der Waals surface area contributed by atoms with Gasteiger partial charge in [-0.15, -0.1) is 0 Å². The van der Waals surface area contributed by atoms with Crippen molar-refractivity contribution in [2.75, 3.05) is 60.0 Å². The van der Waals surface area contributed by atoms with Gasteiger partial charge in [-0.05, 0) is 31.9 Å². The van der Waals surface area contributed by atoms with Crippen LogP contribution in [-0.4, -0.2) is 81.8 Å². The van der Waals surface area contributed by atoms with E-state index in [0.717, 1.165) is 64.9 Å². The average molecular weight is 390 g/mol. The Balaban J connectivity index is 1.61. The van der Waals surface area contributed by atoms with Crippen molar-refractivity contribution in [1.82, 2.24) is 20.4 Å². The number of guanidine groups is 1. The summed E-state index contributed by atoms with van der Waals surface area (Å²) in [6, 6.07) is 11.1. The fraction of sp³-hybridized carbons (Fsp3) is 0.682. The van der Waals surface area contributed by atoms with Crippen LogP contribution in [0.2, 0.25) is 0 Å². The van der Waals surface area contributed by atoms with E-state index >= 15 is 0 Å². The van der Waals surface area contributed by atoms with E-state index in [9.17, 15) is 0 Å². The maximum atomic E-state index is 5.42. The second kappa shape index (κ2) is 12.8. The van der Waals surface area contributed by atoms with Crippen molar-refractivity contribution >= 4 is 5.96 Å². The van der Waals surface area contributed by atoms with Gasteiger partial charge >= 0.3 is 0 Å². The maximum absolute atomic E-state index is 5.42. The number of hydrogen-bond acceptors (Lipinski definition) is 4. The summed E-state index contributed by atoms with van der Waals surface area (Å²) in [6.07, 6.45) is 1.08. The summed E-state index contributed by atoms with van der Waals surface area (Å²) >= 11 is 0. The summed E-state index contributed by atoms with van der Waals surface area (Å²) in [4.78, 5) is 9.25. The smallest absolute Gasteiger partial charge is 0.190 e. The fourth-order valence-electron chi connectivity index (χ4n) is 3.43. The largest absolute Gasteiger partial charge is 0.379 e. The Bertz CT molecular complexity index is 559. The van der Waals surface area contributed by atoms with E-state index in [1.165, 1.54) is 5.56 Å². The van der Waals surface area contributed by atoms with Crippen molar-refractivity contribution in [3.8, 4) is 0 Å². The molecule has 1 aromatic carbocycles. The Labute approximate surface area is 171 Å². The minimum Gasteiger partial charge on any atom is -0.379 e. The van der Waals surface area contributed by atoms with Crippen LogP contribution in [0.5, 0.6) is 0 Å². The first kappa shape index (κ1) is 22.7. The maximum Gasteiger partial charge on any atom is 0.190 e. The van der Waals surface area contributed by atoms with E-state index in [2.05, 4.69) is 76.7 Å². The van der Waals surface area contributed by atoms with Crippen molar-refractivity contribution in [3.05, 3.63) is 35.9 Å². The molecule has 2 rings (SSSR count). The predicted octanol–water partition coefficient (Wildman–Crippen LogP) is 2.03. The molecule has 6 nitrogen and oxygen atoms in total. The van der Waals surface area contributed by atoms with Crippen LogP contribution in [0.1, 0.15) is 25.8 Å². The molecule has 158 valence electrons. The van der Waals surface area contributed by atoms with Crippen LogP contribution in [0.4, 0.5) is 0 Å². The minimum atomic E-state index is 0.506. The normalized spacial score (nSPS) is 18.1. The number of ether oxygens (including phenoxy) is 1. The first-order chi connectivity index (χ1) is 13.6. The molecule has 0 bridgehead atoms. The summed E-state index contributed by atoms with van der Waals surface area (Å²) in [5.41, 5.74) is 1.36. The van der Waals surface area contributed by atoms with E-state index < -0.39 is 0 Å². The van der Waals surface area contributed by atoms with Crippen LogP contribution in [0.15, 0.2) is 35.3 Å². The molecule has 1 heterocycles. The van der Waals surface area contributed by atoms with Crippen LogP contribution >= 0.6 is 0 Å². The minimum absolute atomic E-state index is 0.506. The second-order valence-electron chi connectivity index (χ2n) is 7.94. The average Bonchev–Trinajstić information content (AvgIpc) is 2.71. The molecular weight excluding hydrogens is 350 g/mol. The van der Waals surface area contributed by atoms with Gasteiger partial charge in [-0.3, -0.25) is 14.8 Å². The standard InChI is InChI=1S/C22H39N5O/c1-19(17-27-12-14-28-15-13-27)16-25-22(23-3)24-11-10-20(2)26(4)18-21-8-6-5-7-9-21/h5-9,19-20H,10-18H2,1-4H3,(H2,23,24,25). The lowest BCUT2D eigenvalue weighted by atomic mass is 10.1. The quantitative estimate of drug-likeness (QED) is 0.474. The van der Waals surface area contributed by atoms with Gasteiger partial charge < -0.3 is 15.4 Å². The van der Waals surface area contributed by atoms with Crippen LogP contribution in [0, 0.1) is 5.92 Å². The molecule has 2 atom stereocenters. The van der Waals surface area contributed by atoms with Gasteiger partial charge in [0.05, 0.1) is 13.2 Å².